The van der Waals surface area contributed by atoms with Gasteiger partial charge in [-0.2, -0.15) is 0 Å². The molecule has 1 aromatic heterocycles. The zero-order valence-electron chi connectivity index (χ0n) is 7.55. The van der Waals surface area contributed by atoms with Crippen LogP contribution in [-0.2, 0) is 6.42 Å². The molecule has 0 bridgehead atoms. The van der Waals surface area contributed by atoms with E-state index in [0.29, 0.717) is 5.92 Å². The van der Waals surface area contributed by atoms with E-state index in [4.69, 9.17) is 4.42 Å². The van der Waals surface area contributed by atoms with Crippen LogP contribution in [0, 0.1) is 0 Å². The highest BCUT2D eigenvalue weighted by Gasteiger charge is 2.06. The van der Waals surface area contributed by atoms with E-state index in [2.05, 4.69) is 26.8 Å². The lowest BCUT2D eigenvalue weighted by atomic mass is 10.1. The van der Waals surface area contributed by atoms with Crippen LogP contribution in [0.25, 0.3) is 0 Å². The second kappa shape index (κ2) is 3.61. The Morgan fingerprint density at radius 3 is 2.64 bits per heavy atom. The summed E-state index contributed by atoms with van der Waals surface area (Å²) in [6.45, 7) is 6.52. The Balaban J connectivity index is 2.71. The second-order valence-corrected chi connectivity index (χ2v) is 3.02. The number of hydrogen-bond acceptors (Lipinski definition) is 1. The predicted molar refractivity (Wildman–Crippen MR) is 46.8 cm³/mol. The zero-order valence-corrected chi connectivity index (χ0v) is 7.55. The predicted octanol–water partition coefficient (Wildman–Crippen LogP) is 3.36. The molecule has 0 radical (unpaired) electrons. The van der Waals surface area contributed by atoms with Crippen molar-refractivity contribution in [2.45, 2.75) is 39.5 Å². The van der Waals surface area contributed by atoms with Crippen molar-refractivity contribution in [3.8, 4) is 0 Å². The molecule has 1 nitrogen and oxygen atoms in total. The fourth-order valence-electron chi connectivity index (χ4n) is 1.04. The number of hydrogen-bond donors (Lipinski definition) is 0. The molecule has 1 heteroatoms. The third-order valence-electron chi connectivity index (χ3n) is 2.18. The van der Waals surface area contributed by atoms with Crippen LogP contribution in [0.3, 0.4) is 0 Å². The first-order chi connectivity index (χ1) is 5.27. The maximum absolute atomic E-state index is 5.41. The van der Waals surface area contributed by atoms with Gasteiger partial charge in [-0.25, -0.2) is 0 Å². The highest BCUT2D eigenvalue weighted by molar-refractivity contribution is 5.15. The Morgan fingerprint density at radius 1 is 1.45 bits per heavy atom. The maximum Gasteiger partial charge on any atom is 0.106 e. The van der Waals surface area contributed by atoms with Crippen molar-refractivity contribution in [1.29, 1.82) is 0 Å². The van der Waals surface area contributed by atoms with Crippen LogP contribution in [0.5, 0.6) is 0 Å². The SMILES string of the molecule is CCc1coc(C(C)CC)c1. The van der Waals surface area contributed by atoms with Crippen molar-refractivity contribution in [1.82, 2.24) is 0 Å². The van der Waals surface area contributed by atoms with Gasteiger partial charge in [-0.3, -0.25) is 0 Å². The van der Waals surface area contributed by atoms with Crippen molar-refractivity contribution in [2.75, 3.05) is 0 Å². The van der Waals surface area contributed by atoms with Crippen LogP contribution in [0.15, 0.2) is 16.7 Å². The average molecular weight is 152 g/mol. The van der Waals surface area contributed by atoms with Gasteiger partial charge in [-0.1, -0.05) is 20.8 Å². The van der Waals surface area contributed by atoms with Crippen LogP contribution >= 0.6 is 0 Å². The summed E-state index contributed by atoms with van der Waals surface area (Å²) in [7, 11) is 0. The minimum absolute atomic E-state index is 0.565. The Kier molecular flexibility index (Phi) is 2.75. The van der Waals surface area contributed by atoms with Crippen LogP contribution in [-0.4, -0.2) is 0 Å². The molecule has 0 saturated carbocycles. The molecular formula is C10H16O. The second-order valence-electron chi connectivity index (χ2n) is 3.02. The summed E-state index contributed by atoms with van der Waals surface area (Å²) >= 11 is 0. The van der Waals surface area contributed by atoms with Crippen LogP contribution < -0.4 is 0 Å². The quantitative estimate of drug-likeness (QED) is 0.647. The minimum atomic E-state index is 0.565. The van der Waals surface area contributed by atoms with Gasteiger partial charge in [-0.05, 0) is 24.5 Å². The van der Waals surface area contributed by atoms with Gasteiger partial charge in [0.15, 0.2) is 0 Å². The van der Waals surface area contributed by atoms with E-state index in [1.54, 1.807) is 0 Å². The summed E-state index contributed by atoms with van der Waals surface area (Å²) in [5.41, 5.74) is 1.31. The van der Waals surface area contributed by atoms with Crippen molar-refractivity contribution < 1.29 is 4.42 Å². The van der Waals surface area contributed by atoms with Crippen LogP contribution in [0.1, 0.15) is 44.4 Å². The zero-order chi connectivity index (χ0) is 8.27. The topological polar surface area (TPSA) is 13.1 Å². The summed E-state index contributed by atoms with van der Waals surface area (Å²) in [5, 5.41) is 0. The van der Waals surface area contributed by atoms with Crippen molar-refractivity contribution >= 4 is 0 Å². The Hall–Kier alpha value is -0.720. The molecule has 0 amide bonds. The molecule has 0 fully saturated rings. The molecule has 0 aliphatic carbocycles. The van der Waals surface area contributed by atoms with Gasteiger partial charge in [-0.15, -0.1) is 0 Å². The molecule has 0 aliphatic rings. The molecule has 1 rings (SSSR count). The normalized spacial score (nSPS) is 13.4. The third-order valence-corrected chi connectivity index (χ3v) is 2.18. The Morgan fingerprint density at radius 2 is 2.18 bits per heavy atom. The average Bonchev–Trinajstić information content (AvgIpc) is 2.50. The summed E-state index contributed by atoms with van der Waals surface area (Å²) in [6, 6.07) is 2.16. The lowest BCUT2D eigenvalue weighted by Crippen LogP contribution is -1.86. The van der Waals surface area contributed by atoms with Gasteiger partial charge < -0.3 is 4.42 Å². The highest BCUT2D eigenvalue weighted by atomic mass is 16.3. The van der Waals surface area contributed by atoms with Crippen LogP contribution in [0.4, 0.5) is 0 Å². The van der Waals surface area contributed by atoms with Crippen molar-refractivity contribution in [3.63, 3.8) is 0 Å². The van der Waals surface area contributed by atoms with E-state index in [1.807, 2.05) is 6.26 Å². The molecule has 1 atom stereocenters. The molecule has 0 aliphatic heterocycles. The Labute approximate surface area is 68.4 Å². The molecule has 62 valence electrons. The standard InChI is InChI=1S/C10H16O/c1-4-8(3)10-6-9(5-2)7-11-10/h6-8H,4-5H2,1-3H3. The van der Waals surface area contributed by atoms with Crippen molar-refractivity contribution in [2.24, 2.45) is 0 Å². The largest absolute Gasteiger partial charge is 0.469 e. The van der Waals surface area contributed by atoms with Gasteiger partial charge in [0.25, 0.3) is 0 Å². The molecule has 0 N–H and O–H groups in total. The first-order valence-corrected chi connectivity index (χ1v) is 4.35. The van der Waals surface area contributed by atoms with Gasteiger partial charge in [0.1, 0.15) is 5.76 Å². The minimum Gasteiger partial charge on any atom is -0.469 e. The van der Waals surface area contributed by atoms with Gasteiger partial charge in [0, 0.05) is 5.92 Å². The van der Waals surface area contributed by atoms with Gasteiger partial charge in [0.2, 0.25) is 0 Å². The van der Waals surface area contributed by atoms with E-state index >= 15 is 0 Å². The van der Waals surface area contributed by atoms with Gasteiger partial charge >= 0.3 is 0 Å². The Bertz CT molecular complexity index is 212. The molecule has 1 unspecified atom stereocenters. The lowest BCUT2D eigenvalue weighted by molar-refractivity contribution is 0.468. The fraction of sp³-hybridized carbons (Fsp3) is 0.600. The lowest BCUT2D eigenvalue weighted by Gasteiger charge is -2.01. The van der Waals surface area contributed by atoms with Gasteiger partial charge in [0.05, 0.1) is 6.26 Å². The van der Waals surface area contributed by atoms with Crippen LogP contribution in [0.2, 0.25) is 0 Å². The first-order valence-electron chi connectivity index (χ1n) is 4.35. The molecule has 0 aromatic carbocycles. The summed E-state index contributed by atoms with van der Waals surface area (Å²) in [6.07, 6.45) is 4.08. The summed E-state index contributed by atoms with van der Waals surface area (Å²) < 4.78 is 5.41. The van der Waals surface area contributed by atoms with E-state index in [9.17, 15) is 0 Å². The van der Waals surface area contributed by atoms with E-state index in [-0.39, 0.29) is 0 Å². The summed E-state index contributed by atoms with van der Waals surface area (Å²) in [4.78, 5) is 0. The molecule has 0 saturated heterocycles. The first kappa shape index (κ1) is 8.38. The number of aryl methyl sites for hydroxylation is 1. The van der Waals surface area contributed by atoms with E-state index < -0.39 is 0 Å². The summed E-state index contributed by atoms with van der Waals surface area (Å²) in [5.74, 6) is 1.69. The molecule has 0 spiro atoms. The monoisotopic (exact) mass is 152 g/mol. The smallest absolute Gasteiger partial charge is 0.106 e. The van der Waals surface area contributed by atoms with E-state index in [1.165, 1.54) is 5.56 Å². The highest BCUT2D eigenvalue weighted by Crippen LogP contribution is 2.20. The molecule has 1 heterocycles. The fourth-order valence-corrected chi connectivity index (χ4v) is 1.04. The maximum atomic E-state index is 5.41. The van der Waals surface area contributed by atoms with Crippen molar-refractivity contribution in [3.05, 3.63) is 23.7 Å². The number of furan rings is 1. The third kappa shape index (κ3) is 1.86. The van der Waals surface area contributed by atoms with E-state index in [0.717, 1.165) is 18.6 Å². The number of rotatable bonds is 3. The molecule has 11 heavy (non-hydrogen) atoms. The molecule has 1 aromatic rings. The molecular weight excluding hydrogens is 136 g/mol.